The minimum absolute atomic E-state index is 0.118. The molecule has 0 saturated heterocycles. The zero-order valence-corrected chi connectivity index (χ0v) is 12.7. The number of phosphoric ester groups is 1. The maximum absolute atomic E-state index is 11.8. The Bertz CT molecular complexity index is 282. The van der Waals surface area contributed by atoms with E-state index in [1.807, 2.05) is 21.1 Å². The number of hydrogen-bond donors (Lipinski definition) is 1. The van der Waals surface area contributed by atoms with Crippen LogP contribution in [0.25, 0.3) is 0 Å². The molecule has 0 spiro atoms. The summed E-state index contributed by atoms with van der Waals surface area (Å²) in [7, 11) is 2.16. The van der Waals surface area contributed by atoms with Crippen molar-refractivity contribution in [2.75, 3.05) is 34.3 Å². The van der Waals surface area contributed by atoms with Crippen molar-refractivity contribution >= 4 is 7.82 Å². The van der Waals surface area contributed by atoms with Crippen LogP contribution in [0.5, 0.6) is 0 Å². The van der Waals surface area contributed by atoms with E-state index in [2.05, 4.69) is 0 Å². The lowest BCUT2D eigenvalue weighted by Gasteiger charge is -2.25. The van der Waals surface area contributed by atoms with Crippen molar-refractivity contribution in [2.45, 2.75) is 44.6 Å². The van der Waals surface area contributed by atoms with Crippen molar-refractivity contribution in [1.82, 2.24) is 0 Å². The second kappa shape index (κ2) is 7.01. The number of rotatable bonds is 6. The summed E-state index contributed by atoms with van der Waals surface area (Å²) in [5, 5.41) is 0. The van der Waals surface area contributed by atoms with Crippen LogP contribution in [0.3, 0.4) is 0 Å². The summed E-state index contributed by atoms with van der Waals surface area (Å²) >= 11 is 0. The SMILES string of the molecule is C[N+](C)(C)CCOP(=O)(O)OC1CCCCCC1. The summed E-state index contributed by atoms with van der Waals surface area (Å²) in [6.07, 6.45) is 6.14. The minimum Gasteiger partial charge on any atom is -0.329 e. The molecule has 0 heterocycles. The molecular formula is C12H27NO4P+. The molecule has 0 aromatic carbocycles. The van der Waals surface area contributed by atoms with Crippen molar-refractivity contribution in [1.29, 1.82) is 0 Å². The Kier molecular flexibility index (Phi) is 6.28. The predicted octanol–water partition coefficient (Wildman–Crippen LogP) is 2.55. The molecule has 1 fully saturated rings. The smallest absolute Gasteiger partial charge is 0.329 e. The van der Waals surface area contributed by atoms with Crippen LogP contribution in [0.2, 0.25) is 0 Å². The quantitative estimate of drug-likeness (QED) is 0.461. The Morgan fingerprint density at radius 2 is 1.72 bits per heavy atom. The molecule has 0 radical (unpaired) electrons. The van der Waals surface area contributed by atoms with Gasteiger partial charge in [-0.3, -0.25) is 9.05 Å². The minimum atomic E-state index is -3.88. The van der Waals surface area contributed by atoms with Crippen LogP contribution in [0.4, 0.5) is 0 Å². The van der Waals surface area contributed by atoms with Gasteiger partial charge in [-0.2, -0.15) is 0 Å². The normalized spacial score (nSPS) is 22.4. The summed E-state index contributed by atoms with van der Waals surface area (Å²) in [5.41, 5.74) is 0. The molecule has 18 heavy (non-hydrogen) atoms. The van der Waals surface area contributed by atoms with Gasteiger partial charge in [0.1, 0.15) is 13.2 Å². The van der Waals surface area contributed by atoms with Crippen molar-refractivity contribution < 1.29 is 23.0 Å². The third kappa shape index (κ3) is 7.49. The third-order valence-corrected chi connectivity index (χ3v) is 4.17. The molecule has 1 atom stereocenters. The summed E-state index contributed by atoms with van der Waals surface area (Å²) in [4.78, 5) is 9.66. The highest BCUT2D eigenvalue weighted by Gasteiger charge is 2.27. The van der Waals surface area contributed by atoms with Gasteiger partial charge in [0.05, 0.1) is 27.2 Å². The van der Waals surface area contributed by atoms with Gasteiger partial charge in [-0.1, -0.05) is 25.7 Å². The molecule has 1 unspecified atom stereocenters. The van der Waals surface area contributed by atoms with E-state index in [-0.39, 0.29) is 12.7 Å². The first-order valence-electron chi connectivity index (χ1n) is 6.75. The van der Waals surface area contributed by atoms with Gasteiger partial charge < -0.3 is 9.38 Å². The fourth-order valence-corrected chi connectivity index (χ4v) is 2.96. The molecule has 0 aromatic rings. The summed E-state index contributed by atoms with van der Waals surface area (Å²) in [6, 6.07) is 0. The van der Waals surface area contributed by atoms with E-state index in [0.717, 1.165) is 25.7 Å². The first-order chi connectivity index (χ1) is 8.29. The van der Waals surface area contributed by atoms with E-state index in [0.29, 0.717) is 11.0 Å². The van der Waals surface area contributed by atoms with Gasteiger partial charge in [-0.25, -0.2) is 4.57 Å². The second-order valence-electron chi connectivity index (χ2n) is 6.03. The standard InChI is InChI=1S/C12H26NO4P/c1-13(2,3)10-11-16-18(14,15)17-12-8-6-4-5-7-9-12/h12H,4-11H2,1-3H3/p+1. The fraction of sp³-hybridized carbons (Fsp3) is 1.00. The van der Waals surface area contributed by atoms with Crippen LogP contribution in [0.1, 0.15) is 38.5 Å². The van der Waals surface area contributed by atoms with E-state index < -0.39 is 7.82 Å². The zero-order chi connectivity index (χ0) is 13.6. The van der Waals surface area contributed by atoms with Gasteiger partial charge in [-0.05, 0) is 12.8 Å². The molecular weight excluding hydrogens is 253 g/mol. The molecule has 6 heteroatoms. The van der Waals surface area contributed by atoms with E-state index in [4.69, 9.17) is 9.05 Å². The average molecular weight is 280 g/mol. The summed E-state index contributed by atoms with van der Waals surface area (Å²) in [6.45, 7) is 0.919. The summed E-state index contributed by atoms with van der Waals surface area (Å²) < 4.78 is 22.8. The van der Waals surface area contributed by atoms with Crippen LogP contribution in [-0.2, 0) is 13.6 Å². The first kappa shape index (κ1) is 16.1. The van der Waals surface area contributed by atoms with Crippen LogP contribution < -0.4 is 0 Å². The molecule has 0 amide bonds. The summed E-state index contributed by atoms with van der Waals surface area (Å²) in [5.74, 6) is 0. The maximum atomic E-state index is 11.8. The molecule has 1 aliphatic carbocycles. The molecule has 0 bridgehead atoms. The van der Waals surface area contributed by atoms with E-state index in [1.165, 1.54) is 12.8 Å². The molecule has 5 nitrogen and oxygen atoms in total. The molecule has 108 valence electrons. The van der Waals surface area contributed by atoms with Gasteiger partial charge in [-0.15, -0.1) is 0 Å². The van der Waals surface area contributed by atoms with Crippen LogP contribution in [-0.4, -0.2) is 49.8 Å². The Morgan fingerprint density at radius 3 is 2.22 bits per heavy atom. The van der Waals surface area contributed by atoms with E-state index in [1.54, 1.807) is 0 Å². The topological polar surface area (TPSA) is 55.8 Å². The maximum Gasteiger partial charge on any atom is 0.472 e. The number of hydrogen-bond acceptors (Lipinski definition) is 3. The largest absolute Gasteiger partial charge is 0.472 e. The number of nitrogens with zero attached hydrogens (tertiary/aromatic N) is 1. The lowest BCUT2D eigenvalue weighted by molar-refractivity contribution is -0.870. The highest BCUT2D eigenvalue weighted by Crippen LogP contribution is 2.46. The molecule has 1 saturated carbocycles. The predicted molar refractivity (Wildman–Crippen MR) is 71.3 cm³/mol. The molecule has 1 aliphatic rings. The number of likely N-dealkylation sites (N-methyl/N-ethyl adjacent to an activating group) is 1. The van der Waals surface area contributed by atoms with Crippen LogP contribution >= 0.6 is 7.82 Å². The van der Waals surface area contributed by atoms with Gasteiger partial charge in [0.2, 0.25) is 0 Å². The molecule has 0 aliphatic heterocycles. The molecule has 0 aromatic heterocycles. The van der Waals surface area contributed by atoms with Gasteiger partial charge in [0, 0.05) is 0 Å². The average Bonchev–Trinajstić information content (AvgIpc) is 2.43. The number of phosphoric acid groups is 1. The Balaban J connectivity index is 2.31. The van der Waals surface area contributed by atoms with Crippen molar-refractivity contribution in [3.05, 3.63) is 0 Å². The highest BCUT2D eigenvalue weighted by atomic mass is 31.2. The number of quaternary nitrogens is 1. The van der Waals surface area contributed by atoms with Gasteiger partial charge >= 0.3 is 7.82 Å². The van der Waals surface area contributed by atoms with Crippen molar-refractivity contribution in [3.8, 4) is 0 Å². The van der Waals surface area contributed by atoms with Crippen molar-refractivity contribution in [2.24, 2.45) is 0 Å². The van der Waals surface area contributed by atoms with Gasteiger partial charge in [0.25, 0.3) is 0 Å². The zero-order valence-electron chi connectivity index (χ0n) is 11.8. The molecule has 1 N–H and O–H groups in total. The highest BCUT2D eigenvalue weighted by molar-refractivity contribution is 7.47. The van der Waals surface area contributed by atoms with Crippen molar-refractivity contribution in [3.63, 3.8) is 0 Å². The lowest BCUT2D eigenvalue weighted by atomic mass is 10.2. The second-order valence-corrected chi connectivity index (χ2v) is 7.44. The van der Waals surface area contributed by atoms with Crippen LogP contribution in [0, 0.1) is 0 Å². The van der Waals surface area contributed by atoms with Gasteiger partial charge in [0.15, 0.2) is 0 Å². The fourth-order valence-electron chi connectivity index (χ4n) is 2.00. The Labute approximate surface area is 110 Å². The van der Waals surface area contributed by atoms with Crippen LogP contribution in [0.15, 0.2) is 0 Å². The molecule has 1 rings (SSSR count). The Hall–Kier alpha value is 0.0700. The third-order valence-electron chi connectivity index (χ3n) is 3.10. The van der Waals surface area contributed by atoms with E-state index >= 15 is 0 Å². The lowest BCUT2D eigenvalue weighted by Crippen LogP contribution is -2.37. The van der Waals surface area contributed by atoms with E-state index in [9.17, 15) is 9.46 Å². The first-order valence-corrected chi connectivity index (χ1v) is 8.24. The monoisotopic (exact) mass is 280 g/mol. The Morgan fingerprint density at radius 1 is 1.17 bits per heavy atom.